The van der Waals surface area contributed by atoms with Crippen molar-refractivity contribution in [2.24, 2.45) is 17.1 Å². The van der Waals surface area contributed by atoms with Crippen LogP contribution in [0.5, 0.6) is 0 Å². The Kier molecular flexibility index (Phi) is 4.79. The van der Waals surface area contributed by atoms with Crippen LogP contribution in [-0.2, 0) is 9.47 Å². The summed E-state index contributed by atoms with van der Waals surface area (Å²) in [5.41, 5.74) is 6.19. The van der Waals surface area contributed by atoms with Crippen LogP contribution in [-0.4, -0.2) is 58.0 Å². The van der Waals surface area contributed by atoms with Gasteiger partial charge >= 0.3 is 0 Å². The molecule has 2 heterocycles. The van der Waals surface area contributed by atoms with Gasteiger partial charge in [-0.1, -0.05) is 0 Å². The minimum atomic E-state index is 0.209. The smallest absolute Gasteiger partial charge is 0.0546 e. The van der Waals surface area contributed by atoms with Gasteiger partial charge in [-0.3, -0.25) is 0 Å². The van der Waals surface area contributed by atoms with Crippen LogP contribution in [0.3, 0.4) is 0 Å². The molecule has 17 heavy (non-hydrogen) atoms. The van der Waals surface area contributed by atoms with E-state index in [2.05, 4.69) is 4.90 Å². The Morgan fingerprint density at radius 3 is 3.06 bits per heavy atom. The molecule has 0 aromatic rings. The Hall–Kier alpha value is -0.160. The molecule has 0 bridgehead atoms. The van der Waals surface area contributed by atoms with Gasteiger partial charge in [-0.15, -0.1) is 0 Å². The second kappa shape index (κ2) is 6.14. The Balaban J connectivity index is 1.83. The lowest BCUT2D eigenvalue weighted by atomic mass is 9.82. The largest absolute Gasteiger partial charge is 0.384 e. The molecule has 2 N–H and O–H groups in total. The SMILES string of the molecule is COCC1CCN(CC2(CN)CCCOC2)C1. The lowest BCUT2D eigenvalue weighted by Crippen LogP contribution is -2.47. The van der Waals surface area contributed by atoms with E-state index >= 15 is 0 Å². The zero-order valence-electron chi connectivity index (χ0n) is 11.0. The Labute approximate surface area is 104 Å². The molecule has 2 rings (SSSR count). The molecule has 2 unspecified atom stereocenters. The molecule has 2 aliphatic heterocycles. The highest BCUT2D eigenvalue weighted by molar-refractivity contribution is 4.88. The Bertz CT molecular complexity index is 229. The molecule has 0 aromatic carbocycles. The average molecular weight is 242 g/mol. The van der Waals surface area contributed by atoms with Gasteiger partial charge in [0.25, 0.3) is 0 Å². The van der Waals surface area contributed by atoms with Gasteiger partial charge in [0.15, 0.2) is 0 Å². The summed E-state index contributed by atoms with van der Waals surface area (Å²) < 4.78 is 10.9. The summed E-state index contributed by atoms with van der Waals surface area (Å²) in [6.07, 6.45) is 3.64. The third-order valence-corrected chi connectivity index (χ3v) is 4.17. The molecular formula is C13H26N2O2. The fourth-order valence-corrected chi connectivity index (χ4v) is 3.16. The predicted molar refractivity (Wildman–Crippen MR) is 68.0 cm³/mol. The van der Waals surface area contributed by atoms with E-state index in [9.17, 15) is 0 Å². The number of hydrogen-bond acceptors (Lipinski definition) is 4. The van der Waals surface area contributed by atoms with E-state index in [0.29, 0.717) is 5.92 Å². The molecule has 0 amide bonds. The first-order valence-electron chi connectivity index (χ1n) is 6.77. The Morgan fingerprint density at radius 2 is 2.41 bits per heavy atom. The zero-order chi connectivity index (χ0) is 12.1. The van der Waals surface area contributed by atoms with Crippen molar-refractivity contribution in [2.75, 3.05) is 53.1 Å². The standard InChI is InChI=1S/C13H26N2O2/c1-16-8-12-3-5-15(7-12)10-13(9-14)4-2-6-17-11-13/h12H,2-11,14H2,1H3. The second-order valence-corrected chi connectivity index (χ2v) is 5.71. The highest BCUT2D eigenvalue weighted by atomic mass is 16.5. The van der Waals surface area contributed by atoms with Crippen molar-refractivity contribution in [3.8, 4) is 0 Å². The molecule has 100 valence electrons. The van der Waals surface area contributed by atoms with Gasteiger partial charge in [-0.2, -0.15) is 0 Å². The van der Waals surface area contributed by atoms with Gasteiger partial charge in [-0.25, -0.2) is 0 Å². The third kappa shape index (κ3) is 3.41. The maximum absolute atomic E-state index is 5.98. The molecule has 2 saturated heterocycles. The summed E-state index contributed by atoms with van der Waals surface area (Å²) in [5.74, 6) is 0.708. The van der Waals surface area contributed by atoms with Crippen LogP contribution in [0.4, 0.5) is 0 Å². The molecule has 0 aliphatic carbocycles. The van der Waals surface area contributed by atoms with E-state index < -0.39 is 0 Å². The van der Waals surface area contributed by atoms with E-state index in [4.69, 9.17) is 15.2 Å². The van der Waals surface area contributed by atoms with Crippen LogP contribution < -0.4 is 5.73 Å². The molecule has 2 atom stereocenters. The molecule has 4 nitrogen and oxygen atoms in total. The van der Waals surface area contributed by atoms with E-state index in [-0.39, 0.29) is 5.41 Å². The van der Waals surface area contributed by atoms with Crippen molar-refractivity contribution in [3.05, 3.63) is 0 Å². The molecule has 2 fully saturated rings. The topological polar surface area (TPSA) is 47.7 Å². The van der Waals surface area contributed by atoms with Crippen LogP contribution in [0.25, 0.3) is 0 Å². The minimum Gasteiger partial charge on any atom is -0.384 e. The molecule has 0 aromatic heterocycles. The van der Waals surface area contributed by atoms with Gasteiger partial charge in [-0.05, 0) is 31.7 Å². The predicted octanol–water partition coefficient (Wildman–Crippen LogP) is 0.710. The maximum atomic E-state index is 5.98. The number of likely N-dealkylation sites (tertiary alicyclic amines) is 1. The van der Waals surface area contributed by atoms with E-state index in [1.54, 1.807) is 7.11 Å². The van der Waals surface area contributed by atoms with E-state index in [0.717, 1.165) is 45.9 Å². The molecule has 2 aliphatic rings. The van der Waals surface area contributed by atoms with Crippen LogP contribution >= 0.6 is 0 Å². The lowest BCUT2D eigenvalue weighted by Gasteiger charge is -2.39. The normalized spacial score (nSPS) is 35.3. The number of rotatable bonds is 5. The summed E-state index contributed by atoms with van der Waals surface area (Å²) in [4.78, 5) is 2.55. The quantitative estimate of drug-likeness (QED) is 0.771. The summed E-state index contributed by atoms with van der Waals surface area (Å²) in [5, 5.41) is 0. The fraction of sp³-hybridized carbons (Fsp3) is 1.00. The molecule has 0 radical (unpaired) electrons. The monoisotopic (exact) mass is 242 g/mol. The molecular weight excluding hydrogens is 216 g/mol. The van der Waals surface area contributed by atoms with Crippen molar-refractivity contribution in [1.29, 1.82) is 0 Å². The third-order valence-electron chi connectivity index (χ3n) is 4.17. The van der Waals surface area contributed by atoms with Crippen molar-refractivity contribution >= 4 is 0 Å². The van der Waals surface area contributed by atoms with E-state index in [1.165, 1.54) is 19.4 Å². The molecule has 4 heteroatoms. The van der Waals surface area contributed by atoms with Crippen LogP contribution in [0.2, 0.25) is 0 Å². The molecule has 0 spiro atoms. The summed E-state index contributed by atoms with van der Waals surface area (Å²) in [6.45, 7) is 6.85. The van der Waals surface area contributed by atoms with Crippen molar-refractivity contribution in [2.45, 2.75) is 19.3 Å². The van der Waals surface area contributed by atoms with Gasteiger partial charge in [0, 0.05) is 38.8 Å². The first-order chi connectivity index (χ1) is 8.28. The van der Waals surface area contributed by atoms with Gasteiger partial charge < -0.3 is 20.1 Å². The van der Waals surface area contributed by atoms with Gasteiger partial charge in [0.1, 0.15) is 0 Å². The Morgan fingerprint density at radius 1 is 1.53 bits per heavy atom. The zero-order valence-corrected chi connectivity index (χ0v) is 11.0. The van der Waals surface area contributed by atoms with Gasteiger partial charge in [0.05, 0.1) is 13.2 Å². The number of hydrogen-bond donors (Lipinski definition) is 1. The van der Waals surface area contributed by atoms with Crippen LogP contribution in [0, 0.1) is 11.3 Å². The molecule has 0 saturated carbocycles. The average Bonchev–Trinajstić information content (AvgIpc) is 2.78. The summed E-state index contributed by atoms with van der Waals surface area (Å²) in [6, 6.07) is 0. The minimum absolute atomic E-state index is 0.209. The number of nitrogens with zero attached hydrogens (tertiary/aromatic N) is 1. The summed E-state index contributed by atoms with van der Waals surface area (Å²) >= 11 is 0. The fourth-order valence-electron chi connectivity index (χ4n) is 3.16. The van der Waals surface area contributed by atoms with Crippen molar-refractivity contribution in [1.82, 2.24) is 4.90 Å². The highest BCUT2D eigenvalue weighted by Crippen LogP contribution is 2.30. The van der Waals surface area contributed by atoms with E-state index in [1.807, 2.05) is 0 Å². The highest BCUT2D eigenvalue weighted by Gasteiger charge is 2.35. The lowest BCUT2D eigenvalue weighted by molar-refractivity contribution is -0.0194. The van der Waals surface area contributed by atoms with Crippen LogP contribution in [0.1, 0.15) is 19.3 Å². The van der Waals surface area contributed by atoms with Crippen molar-refractivity contribution < 1.29 is 9.47 Å². The first kappa shape index (κ1) is 13.3. The summed E-state index contributed by atoms with van der Waals surface area (Å²) in [7, 11) is 1.79. The van der Waals surface area contributed by atoms with Crippen LogP contribution in [0.15, 0.2) is 0 Å². The van der Waals surface area contributed by atoms with Crippen molar-refractivity contribution in [3.63, 3.8) is 0 Å². The number of ether oxygens (including phenoxy) is 2. The first-order valence-corrected chi connectivity index (χ1v) is 6.77. The van der Waals surface area contributed by atoms with Gasteiger partial charge in [0.2, 0.25) is 0 Å². The number of methoxy groups -OCH3 is 1. The number of nitrogens with two attached hydrogens (primary N) is 1. The maximum Gasteiger partial charge on any atom is 0.0546 e. The second-order valence-electron chi connectivity index (χ2n) is 5.71.